The standard InChI is InChI=1S/C11H19NO/c1-9(13)8-12-7-3-5-10-4-2-6-11(10)12/h10-11H,2-8H2,1H3. The zero-order chi connectivity index (χ0) is 9.26. The number of nitrogens with zero attached hydrogens (tertiary/aromatic N) is 1. The van der Waals surface area contributed by atoms with Gasteiger partial charge in [-0.3, -0.25) is 9.69 Å². The molecule has 0 aromatic carbocycles. The lowest BCUT2D eigenvalue weighted by atomic mass is 9.92. The lowest BCUT2D eigenvalue weighted by Crippen LogP contribution is -2.44. The predicted octanol–water partition coefficient (Wildman–Crippen LogP) is 1.84. The molecule has 2 heteroatoms. The van der Waals surface area contributed by atoms with Crippen LogP contribution in [0.4, 0.5) is 0 Å². The minimum Gasteiger partial charge on any atom is -0.299 e. The first kappa shape index (κ1) is 9.20. The molecule has 1 saturated carbocycles. The Morgan fingerprint density at radius 3 is 2.85 bits per heavy atom. The third kappa shape index (κ3) is 1.93. The summed E-state index contributed by atoms with van der Waals surface area (Å²) < 4.78 is 0. The van der Waals surface area contributed by atoms with Crippen LogP contribution in [0.25, 0.3) is 0 Å². The number of fused-ring (bicyclic) bond motifs is 1. The van der Waals surface area contributed by atoms with E-state index in [1.54, 1.807) is 6.92 Å². The van der Waals surface area contributed by atoms with Crippen LogP contribution in [-0.4, -0.2) is 29.8 Å². The van der Waals surface area contributed by atoms with E-state index >= 15 is 0 Å². The zero-order valence-electron chi connectivity index (χ0n) is 8.46. The number of carbonyl (C=O) groups excluding carboxylic acids is 1. The molecule has 2 aliphatic rings. The first-order valence-corrected chi connectivity index (χ1v) is 5.51. The molecule has 0 spiro atoms. The molecule has 2 unspecified atom stereocenters. The molecule has 1 aliphatic carbocycles. The molecule has 1 aliphatic heterocycles. The summed E-state index contributed by atoms with van der Waals surface area (Å²) in [5, 5.41) is 0. The van der Waals surface area contributed by atoms with Crippen LogP contribution in [0.1, 0.15) is 39.0 Å². The first-order valence-electron chi connectivity index (χ1n) is 5.51. The number of Topliss-reactive ketones (excluding diaryl/α,β-unsaturated/α-hetero) is 1. The molecule has 0 amide bonds. The van der Waals surface area contributed by atoms with Crippen molar-refractivity contribution in [3.63, 3.8) is 0 Å². The molecule has 13 heavy (non-hydrogen) atoms. The van der Waals surface area contributed by atoms with E-state index in [4.69, 9.17) is 0 Å². The Labute approximate surface area is 80.3 Å². The van der Waals surface area contributed by atoms with Crippen molar-refractivity contribution in [2.24, 2.45) is 5.92 Å². The van der Waals surface area contributed by atoms with Crippen molar-refractivity contribution in [2.45, 2.75) is 45.1 Å². The number of hydrogen-bond acceptors (Lipinski definition) is 2. The Morgan fingerprint density at radius 1 is 1.31 bits per heavy atom. The van der Waals surface area contributed by atoms with Crippen molar-refractivity contribution in [3.8, 4) is 0 Å². The van der Waals surface area contributed by atoms with E-state index in [2.05, 4.69) is 4.90 Å². The van der Waals surface area contributed by atoms with Gasteiger partial charge < -0.3 is 0 Å². The number of likely N-dealkylation sites (tertiary alicyclic amines) is 1. The van der Waals surface area contributed by atoms with Gasteiger partial charge in [0.2, 0.25) is 0 Å². The monoisotopic (exact) mass is 181 g/mol. The molecular formula is C11H19NO. The molecule has 2 atom stereocenters. The Bertz CT molecular complexity index is 202. The lowest BCUT2D eigenvalue weighted by Gasteiger charge is -2.37. The average Bonchev–Trinajstić information content (AvgIpc) is 2.51. The highest BCUT2D eigenvalue weighted by Crippen LogP contribution is 2.36. The maximum atomic E-state index is 11.1. The van der Waals surface area contributed by atoms with Crippen molar-refractivity contribution >= 4 is 5.78 Å². The number of carbonyl (C=O) groups is 1. The van der Waals surface area contributed by atoms with E-state index < -0.39 is 0 Å². The van der Waals surface area contributed by atoms with Crippen molar-refractivity contribution in [2.75, 3.05) is 13.1 Å². The van der Waals surface area contributed by atoms with Gasteiger partial charge in [0.15, 0.2) is 0 Å². The highest BCUT2D eigenvalue weighted by molar-refractivity contribution is 5.77. The molecule has 0 radical (unpaired) electrons. The van der Waals surface area contributed by atoms with Crippen LogP contribution in [0.3, 0.4) is 0 Å². The fourth-order valence-corrected chi connectivity index (χ4v) is 3.04. The second-order valence-electron chi connectivity index (χ2n) is 4.57. The van der Waals surface area contributed by atoms with Crippen molar-refractivity contribution in [3.05, 3.63) is 0 Å². The predicted molar refractivity (Wildman–Crippen MR) is 52.6 cm³/mol. The molecule has 0 bridgehead atoms. The molecule has 0 aromatic heterocycles. The van der Waals surface area contributed by atoms with Crippen molar-refractivity contribution < 1.29 is 4.79 Å². The maximum Gasteiger partial charge on any atom is 0.143 e. The maximum absolute atomic E-state index is 11.1. The summed E-state index contributed by atoms with van der Waals surface area (Å²) in [4.78, 5) is 13.5. The number of rotatable bonds is 2. The second kappa shape index (κ2) is 3.79. The van der Waals surface area contributed by atoms with Gasteiger partial charge in [-0.1, -0.05) is 6.42 Å². The van der Waals surface area contributed by atoms with Gasteiger partial charge in [0.25, 0.3) is 0 Å². The summed E-state index contributed by atoms with van der Waals surface area (Å²) in [6.45, 7) is 3.56. The number of piperidine rings is 1. The summed E-state index contributed by atoms with van der Waals surface area (Å²) >= 11 is 0. The third-order valence-corrected chi connectivity index (χ3v) is 3.53. The Hall–Kier alpha value is -0.370. The van der Waals surface area contributed by atoms with E-state index in [0.717, 1.165) is 18.5 Å². The second-order valence-corrected chi connectivity index (χ2v) is 4.57. The largest absolute Gasteiger partial charge is 0.299 e. The van der Waals surface area contributed by atoms with Crippen LogP contribution in [-0.2, 0) is 4.79 Å². The van der Waals surface area contributed by atoms with Gasteiger partial charge in [0, 0.05) is 6.04 Å². The van der Waals surface area contributed by atoms with E-state index in [-0.39, 0.29) is 0 Å². The zero-order valence-corrected chi connectivity index (χ0v) is 8.46. The minimum atomic E-state index is 0.326. The highest BCUT2D eigenvalue weighted by atomic mass is 16.1. The summed E-state index contributed by atoms with van der Waals surface area (Å²) in [6, 6.07) is 0.748. The molecule has 1 heterocycles. The number of ketones is 1. The van der Waals surface area contributed by atoms with Crippen LogP contribution in [0, 0.1) is 5.92 Å². The van der Waals surface area contributed by atoms with Gasteiger partial charge in [-0.2, -0.15) is 0 Å². The van der Waals surface area contributed by atoms with Gasteiger partial charge in [0.1, 0.15) is 5.78 Å². The van der Waals surface area contributed by atoms with Gasteiger partial charge in [-0.05, 0) is 45.1 Å². The number of hydrogen-bond donors (Lipinski definition) is 0. The van der Waals surface area contributed by atoms with Crippen LogP contribution >= 0.6 is 0 Å². The summed E-state index contributed by atoms with van der Waals surface area (Å²) in [5.74, 6) is 1.24. The molecule has 2 nitrogen and oxygen atoms in total. The minimum absolute atomic E-state index is 0.326. The molecule has 2 fully saturated rings. The first-order chi connectivity index (χ1) is 6.27. The van der Waals surface area contributed by atoms with Gasteiger partial charge in [-0.25, -0.2) is 0 Å². The Kier molecular flexibility index (Phi) is 2.68. The van der Waals surface area contributed by atoms with Crippen LogP contribution in [0.15, 0.2) is 0 Å². The Morgan fingerprint density at radius 2 is 2.08 bits per heavy atom. The van der Waals surface area contributed by atoms with E-state index in [1.807, 2.05) is 0 Å². The molecule has 74 valence electrons. The lowest BCUT2D eigenvalue weighted by molar-refractivity contribution is -0.119. The van der Waals surface area contributed by atoms with E-state index in [1.165, 1.54) is 32.1 Å². The van der Waals surface area contributed by atoms with Gasteiger partial charge in [-0.15, -0.1) is 0 Å². The fraction of sp³-hybridized carbons (Fsp3) is 0.909. The molecule has 2 rings (SSSR count). The molecular weight excluding hydrogens is 162 g/mol. The van der Waals surface area contributed by atoms with Crippen LogP contribution in [0.5, 0.6) is 0 Å². The molecule has 1 saturated heterocycles. The van der Waals surface area contributed by atoms with Crippen LogP contribution < -0.4 is 0 Å². The Balaban J connectivity index is 1.97. The summed E-state index contributed by atoms with van der Waals surface area (Å²) in [5.41, 5.74) is 0. The molecule has 0 N–H and O–H groups in total. The van der Waals surface area contributed by atoms with Crippen molar-refractivity contribution in [1.29, 1.82) is 0 Å². The van der Waals surface area contributed by atoms with Crippen molar-refractivity contribution in [1.82, 2.24) is 4.90 Å². The quantitative estimate of drug-likeness (QED) is 0.648. The van der Waals surface area contributed by atoms with E-state index in [0.29, 0.717) is 12.3 Å². The fourth-order valence-electron chi connectivity index (χ4n) is 3.04. The average molecular weight is 181 g/mol. The third-order valence-electron chi connectivity index (χ3n) is 3.53. The smallest absolute Gasteiger partial charge is 0.143 e. The normalized spacial score (nSPS) is 34.5. The highest BCUT2D eigenvalue weighted by Gasteiger charge is 2.34. The van der Waals surface area contributed by atoms with Gasteiger partial charge >= 0.3 is 0 Å². The van der Waals surface area contributed by atoms with Gasteiger partial charge in [0.05, 0.1) is 6.54 Å². The molecule has 0 aromatic rings. The summed E-state index contributed by atoms with van der Waals surface area (Å²) in [6.07, 6.45) is 6.81. The van der Waals surface area contributed by atoms with Crippen LogP contribution in [0.2, 0.25) is 0 Å². The summed E-state index contributed by atoms with van der Waals surface area (Å²) in [7, 11) is 0. The SMILES string of the molecule is CC(=O)CN1CCCC2CCCC21. The topological polar surface area (TPSA) is 20.3 Å². The van der Waals surface area contributed by atoms with E-state index in [9.17, 15) is 4.79 Å².